The van der Waals surface area contributed by atoms with Crippen LogP contribution in [0.4, 0.5) is 4.39 Å². The molecule has 0 fully saturated rings. The summed E-state index contributed by atoms with van der Waals surface area (Å²) in [4.78, 5) is 14.0. The molecule has 2 rings (SSSR count). The van der Waals surface area contributed by atoms with Crippen LogP contribution in [0, 0.1) is 5.82 Å². The van der Waals surface area contributed by atoms with Crippen molar-refractivity contribution in [2.24, 2.45) is 0 Å². The van der Waals surface area contributed by atoms with Crippen LogP contribution in [-0.4, -0.2) is 16.4 Å². The van der Waals surface area contributed by atoms with Crippen LogP contribution in [0.5, 0.6) is 0 Å². The highest BCUT2D eigenvalue weighted by Crippen LogP contribution is 2.11. The maximum Gasteiger partial charge on any atom is 0.235 e. The molecule has 2 aromatic rings. The summed E-state index contributed by atoms with van der Waals surface area (Å²) in [5, 5.41) is 3.38. The van der Waals surface area contributed by atoms with Gasteiger partial charge in [-0.3, -0.25) is 4.79 Å². The Hall–Kier alpha value is -2.04. The first-order chi connectivity index (χ1) is 7.29. The second-order valence-electron chi connectivity index (χ2n) is 2.93. The van der Waals surface area contributed by atoms with Crippen molar-refractivity contribution in [3.63, 3.8) is 0 Å². The largest absolute Gasteiger partial charge is 0.339 e. The molecule has 0 atom stereocenters. The lowest BCUT2D eigenvalue weighted by Crippen LogP contribution is -1.92. The Morgan fingerprint density at radius 2 is 2.20 bits per heavy atom. The first-order valence-electron chi connectivity index (χ1n) is 4.31. The van der Waals surface area contributed by atoms with E-state index in [2.05, 4.69) is 10.1 Å². The van der Waals surface area contributed by atoms with E-state index < -0.39 is 0 Å². The highest BCUT2D eigenvalue weighted by atomic mass is 19.1. The Balaban J connectivity index is 2.22. The molecular weight excluding hydrogens is 199 g/mol. The molecule has 1 aromatic carbocycles. The van der Waals surface area contributed by atoms with Gasteiger partial charge in [-0.15, -0.1) is 0 Å². The van der Waals surface area contributed by atoms with Crippen molar-refractivity contribution in [2.45, 2.75) is 6.42 Å². The van der Waals surface area contributed by atoms with Gasteiger partial charge in [0.1, 0.15) is 5.82 Å². The van der Waals surface area contributed by atoms with Crippen molar-refractivity contribution in [2.75, 3.05) is 0 Å². The van der Waals surface area contributed by atoms with Crippen LogP contribution in [-0.2, 0) is 6.42 Å². The summed E-state index contributed by atoms with van der Waals surface area (Å²) >= 11 is 0. The number of hydrogen-bond donors (Lipinski definition) is 0. The second kappa shape index (κ2) is 4.00. The lowest BCUT2D eigenvalue weighted by molar-refractivity contribution is 0.111. The first kappa shape index (κ1) is 9.51. The molecule has 0 unspecified atom stereocenters. The maximum absolute atomic E-state index is 13.2. The van der Waals surface area contributed by atoms with Crippen LogP contribution in [0.2, 0.25) is 0 Å². The fraction of sp³-hybridized carbons (Fsp3) is 0.100. The van der Waals surface area contributed by atoms with Gasteiger partial charge in [-0.1, -0.05) is 23.4 Å². The Labute approximate surface area is 84.7 Å². The van der Waals surface area contributed by atoms with Crippen molar-refractivity contribution in [1.82, 2.24) is 10.1 Å². The number of rotatable bonds is 3. The van der Waals surface area contributed by atoms with E-state index in [4.69, 9.17) is 4.52 Å². The van der Waals surface area contributed by atoms with E-state index in [1.807, 2.05) is 0 Å². The third kappa shape index (κ3) is 2.07. The van der Waals surface area contributed by atoms with Gasteiger partial charge < -0.3 is 4.52 Å². The number of benzene rings is 1. The molecule has 0 aliphatic rings. The van der Waals surface area contributed by atoms with E-state index in [0.29, 0.717) is 11.8 Å². The predicted octanol–water partition coefficient (Wildman–Crippen LogP) is 1.61. The van der Waals surface area contributed by atoms with Gasteiger partial charge in [-0.2, -0.15) is 4.98 Å². The average Bonchev–Trinajstić information content (AvgIpc) is 2.69. The van der Waals surface area contributed by atoms with E-state index in [1.165, 1.54) is 6.07 Å². The highest BCUT2D eigenvalue weighted by Gasteiger charge is 2.08. The summed E-state index contributed by atoms with van der Waals surface area (Å²) in [6.45, 7) is 0. The van der Waals surface area contributed by atoms with E-state index >= 15 is 0 Å². The molecule has 5 heteroatoms. The number of hydrogen-bond acceptors (Lipinski definition) is 4. The molecular formula is C10H7FN2O2. The minimum Gasteiger partial charge on any atom is -0.339 e. The van der Waals surface area contributed by atoms with Gasteiger partial charge in [0.05, 0.1) is 6.42 Å². The Kier molecular flexibility index (Phi) is 2.53. The minimum absolute atomic E-state index is 0.0265. The van der Waals surface area contributed by atoms with Crippen LogP contribution >= 0.6 is 0 Å². The number of nitrogens with zero attached hydrogens (tertiary/aromatic N) is 2. The normalized spacial score (nSPS) is 10.2. The van der Waals surface area contributed by atoms with E-state index in [9.17, 15) is 9.18 Å². The van der Waals surface area contributed by atoms with Crippen molar-refractivity contribution in [3.05, 3.63) is 47.4 Å². The van der Waals surface area contributed by atoms with Crippen molar-refractivity contribution < 1.29 is 13.7 Å². The van der Waals surface area contributed by atoms with Gasteiger partial charge >= 0.3 is 0 Å². The molecule has 0 saturated carbocycles. The first-order valence-corrected chi connectivity index (χ1v) is 4.31. The number of aldehydes is 1. The van der Waals surface area contributed by atoms with E-state index in [-0.39, 0.29) is 24.0 Å². The van der Waals surface area contributed by atoms with Gasteiger partial charge in [-0.05, 0) is 11.6 Å². The van der Waals surface area contributed by atoms with Crippen LogP contribution < -0.4 is 0 Å². The fourth-order valence-electron chi connectivity index (χ4n) is 1.19. The summed E-state index contributed by atoms with van der Waals surface area (Å²) in [5.74, 6) is -0.133. The summed E-state index contributed by atoms with van der Waals surface area (Å²) in [6, 6.07) is 6.30. The van der Waals surface area contributed by atoms with Crippen molar-refractivity contribution in [1.29, 1.82) is 0 Å². The molecule has 0 aliphatic heterocycles. The van der Waals surface area contributed by atoms with Gasteiger partial charge in [0.15, 0.2) is 6.29 Å². The van der Waals surface area contributed by atoms with Crippen molar-refractivity contribution in [3.8, 4) is 0 Å². The summed E-state index contributed by atoms with van der Waals surface area (Å²) in [6.07, 6.45) is 0.669. The molecule has 0 radical (unpaired) electrons. The molecule has 0 N–H and O–H groups in total. The van der Waals surface area contributed by atoms with Gasteiger partial charge in [0.25, 0.3) is 0 Å². The SMILES string of the molecule is O=Cc1noc(Cc2ccccc2F)n1. The van der Waals surface area contributed by atoms with E-state index in [0.717, 1.165) is 0 Å². The molecule has 0 amide bonds. The lowest BCUT2D eigenvalue weighted by atomic mass is 10.1. The quantitative estimate of drug-likeness (QED) is 0.716. The Bertz CT molecular complexity index is 482. The summed E-state index contributed by atoms with van der Waals surface area (Å²) in [7, 11) is 0. The zero-order valence-corrected chi connectivity index (χ0v) is 7.68. The molecule has 0 aliphatic carbocycles. The van der Waals surface area contributed by atoms with Crippen LogP contribution in [0.15, 0.2) is 28.8 Å². The highest BCUT2D eigenvalue weighted by molar-refractivity contribution is 5.68. The Morgan fingerprint density at radius 1 is 1.40 bits per heavy atom. The van der Waals surface area contributed by atoms with Crippen LogP contribution in [0.3, 0.4) is 0 Å². The minimum atomic E-state index is -0.330. The van der Waals surface area contributed by atoms with Gasteiger partial charge in [0, 0.05) is 0 Å². The molecule has 0 spiro atoms. The topological polar surface area (TPSA) is 56.0 Å². The van der Waals surface area contributed by atoms with Crippen LogP contribution in [0.1, 0.15) is 22.1 Å². The summed E-state index contributed by atoms with van der Waals surface area (Å²) in [5.41, 5.74) is 0.457. The molecule has 1 aromatic heterocycles. The monoisotopic (exact) mass is 206 g/mol. The fourth-order valence-corrected chi connectivity index (χ4v) is 1.19. The molecule has 15 heavy (non-hydrogen) atoms. The maximum atomic E-state index is 13.2. The average molecular weight is 206 g/mol. The van der Waals surface area contributed by atoms with Gasteiger partial charge in [0.2, 0.25) is 11.7 Å². The zero-order valence-electron chi connectivity index (χ0n) is 7.68. The number of halogens is 1. The lowest BCUT2D eigenvalue weighted by Gasteiger charge is -1.97. The third-order valence-corrected chi connectivity index (χ3v) is 1.89. The van der Waals surface area contributed by atoms with Crippen LogP contribution in [0.25, 0.3) is 0 Å². The second-order valence-corrected chi connectivity index (χ2v) is 2.93. The molecule has 0 bridgehead atoms. The zero-order chi connectivity index (χ0) is 10.7. The molecule has 1 heterocycles. The standard InChI is InChI=1S/C10H7FN2O2/c11-8-4-2-1-3-7(8)5-10-12-9(6-14)13-15-10/h1-4,6H,5H2. The number of aromatic nitrogens is 2. The molecule has 0 saturated heterocycles. The van der Waals surface area contributed by atoms with Crippen molar-refractivity contribution >= 4 is 6.29 Å². The number of carbonyl (C=O) groups is 1. The predicted molar refractivity (Wildman–Crippen MR) is 48.9 cm³/mol. The summed E-state index contributed by atoms with van der Waals surface area (Å²) < 4.78 is 18.0. The van der Waals surface area contributed by atoms with E-state index in [1.54, 1.807) is 18.2 Å². The Morgan fingerprint density at radius 3 is 2.87 bits per heavy atom. The number of carbonyl (C=O) groups excluding carboxylic acids is 1. The van der Waals surface area contributed by atoms with Gasteiger partial charge in [-0.25, -0.2) is 4.39 Å². The third-order valence-electron chi connectivity index (χ3n) is 1.89. The smallest absolute Gasteiger partial charge is 0.235 e. The molecule has 76 valence electrons. The molecule has 4 nitrogen and oxygen atoms in total.